The summed E-state index contributed by atoms with van der Waals surface area (Å²) < 4.78 is 86.9. The van der Waals surface area contributed by atoms with Gasteiger partial charge in [0.05, 0.1) is 48.0 Å². The zero-order valence-corrected chi connectivity index (χ0v) is 52.8. The van der Waals surface area contributed by atoms with Gasteiger partial charge in [-0.3, -0.25) is 4.79 Å². The van der Waals surface area contributed by atoms with E-state index in [1.807, 2.05) is 44.2 Å². The lowest BCUT2D eigenvalue weighted by atomic mass is 9.76. The summed E-state index contributed by atoms with van der Waals surface area (Å²) in [6.45, 7) is 11.0. The topological polar surface area (TPSA) is 205 Å². The Morgan fingerprint density at radius 3 is 1.63 bits per heavy atom. The van der Waals surface area contributed by atoms with Crippen molar-refractivity contribution in [3.05, 3.63) is 144 Å². The first kappa shape index (κ1) is 68.8. The van der Waals surface area contributed by atoms with Crippen LogP contribution in [-0.2, 0) is 77.8 Å². The summed E-state index contributed by atoms with van der Waals surface area (Å²) in [6, 6.07) is 34.2. The zero-order chi connectivity index (χ0) is 62.9. The number of hydrogen-bond acceptors (Lipinski definition) is 18. The molecule has 13 unspecified atom stereocenters. The molecule has 2 saturated carbocycles. The predicted octanol–water partition coefficient (Wildman–Crippen LogP) is 12.2. The van der Waals surface area contributed by atoms with Crippen molar-refractivity contribution in [2.45, 2.75) is 217 Å². The Hall–Kier alpha value is -6.09. The van der Waals surface area contributed by atoms with Crippen LogP contribution in [-0.4, -0.2) is 143 Å². The fourth-order valence-electron chi connectivity index (χ4n) is 12.3. The van der Waals surface area contributed by atoms with Gasteiger partial charge >= 0.3 is 29.8 Å². The van der Waals surface area contributed by atoms with Gasteiger partial charge in [-0.1, -0.05) is 170 Å². The lowest BCUT2D eigenvalue weighted by Crippen LogP contribution is -2.65. The molecule has 2 aliphatic heterocycles. The summed E-state index contributed by atoms with van der Waals surface area (Å²) in [6.07, 6.45) is -3.84. The van der Waals surface area contributed by atoms with E-state index in [9.17, 15) is 24.0 Å². The minimum absolute atomic E-state index is 0.0254. The number of hydrogen-bond donors (Lipinski definition) is 0. The van der Waals surface area contributed by atoms with Gasteiger partial charge < -0.3 is 61.6 Å². The van der Waals surface area contributed by atoms with Gasteiger partial charge in [0.1, 0.15) is 43.7 Å². The molecule has 4 aromatic rings. The summed E-state index contributed by atoms with van der Waals surface area (Å²) >= 11 is 0. The van der Waals surface area contributed by atoms with Crippen LogP contribution in [0.2, 0.25) is 0 Å². The molecule has 4 aliphatic rings. The van der Waals surface area contributed by atoms with Crippen LogP contribution in [0.1, 0.15) is 168 Å². The van der Waals surface area contributed by atoms with E-state index < -0.39 is 122 Å². The van der Waals surface area contributed by atoms with E-state index in [0.29, 0.717) is 32.7 Å². The molecule has 2 heterocycles. The first-order chi connectivity index (χ1) is 43.4. The van der Waals surface area contributed by atoms with Gasteiger partial charge in [0.25, 0.3) is 0 Å². The SMILES string of the molecule is CCCCOC1C(OC2C(CC)CC(C(=O)OC)CC2OC2OC(COC(=O)c3ccccc3)C(OC(=O)c3ccccc3)C(O[C@@H](CC3CCCCC3)C(=O)OCc3ccccc3)C2OC(=O)c2ccccc2)OC(C)[C@@H](OCCCC)C1OCCCC. The summed E-state index contributed by atoms with van der Waals surface area (Å²) in [4.78, 5) is 72.5. The molecule has 2 aliphatic carbocycles. The van der Waals surface area contributed by atoms with Crippen molar-refractivity contribution < 1.29 is 85.6 Å². The number of ether oxygens (including phenoxy) is 13. The van der Waals surface area contributed by atoms with Gasteiger partial charge in [0, 0.05) is 19.8 Å². The lowest BCUT2D eigenvalue weighted by molar-refractivity contribution is -0.356. The molecule has 8 rings (SSSR count). The second-order valence-electron chi connectivity index (χ2n) is 23.8. The highest BCUT2D eigenvalue weighted by Crippen LogP contribution is 2.42. The predicted molar refractivity (Wildman–Crippen MR) is 329 cm³/mol. The molecule has 0 aromatic heterocycles. The smallest absolute Gasteiger partial charge is 0.338 e. The molecule has 4 aromatic carbocycles. The average molecular weight is 1240 g/mol. The van der Waals surface area contributed by atoms with Gasteiger partial charge in [-0.05, 0) is 99.2 Å². The second-order valence-corrected chi connectivity index (χ2v) is 23.8. The van der Waals surface area contributed by atoms with E-state index in [1.165, 1.54) is 7.11 Å². The zero-order valence-electron chi connectivity index (χ0n) is 52.8. The first-order valence-electron chi connectivity index (χ1n) is 32.6. The summed E-state index contributed by atoms with van der Waals surface area (Å²) in [5.74, 6) is -4.57. The van der Waals surface area contributed by atoms with Crippen molar-refractivity contribution in [1.29, 1.82) is 0 Å². The van der Waals surface area contributed by atoms with Gasteiger partial charge in [0.15, 0.2) is 30.9 Å². The maximum absolute atomic E-state index is 15.0. The molecule has 4 fully saturated rings. The second kappa shape index (κ2) is 36.1. The third-order valence-corrected chi connectivity index (χ3v) is 17.3. The third-order valence-electron chi connectivity index (χ3n) is 17.3. The minimum atomic E-state index is -1.68. The van der Waals surface area contributed by atoms with Gasteiger partial charge in [-0.25, -0.2) is 19.2 Å². The molecule has 89 heavy (non-hydrogen) atoms. The number of carbonyl (C=O) groups excluding carboxylic acids is 5. The van der Waals surface area contributed by atoms with Crippen LogP contribution in [0.4, 0.5) is 0 Å². The van der Waals surface area contributed by atoms with Crippen LogP contribution in [0.25, 0.3) is 0 Å². The van der Waals surface area contributed by atoms with E-state index in [2.05, 4.69) is 20.8 Å². The molecule has 0 spiro atoms. The highest BCUT2D eigenvalue weighted by molar-refractivity contribution is 5.90. The molecule has 486 valence electrons. The number of carbonyl (C=O) groups is 5. The molecule has 0 N–H and O–H groups in total. The lowest BCUT2D eigenvalue weighted by Gasteiger charge is -2.50. The quantitative estimate of drug-likeness (QED) is 0.0253. The van der Waals surface area contributed by atoms with Crippen molar-refractivity contribution in [2.75, 3.05) is 33.5 Å². The highest BCUT2D eigenvalue weighted by Gasteiger charge is 2.57. The van der Waals surface area contributed by atoms with Gasteiger partial charge in [-0.2, -0.15) is 0 Å². The van der Waals surface area contributed by atoms with E-state index in [1.54, 1.807) is 91.0 Å². The minimum Gasteiger partial charge on any atom is -0.469 e. The van der Waals surface area contributed by atoms with Crippen LogP contribution < -0.4 is 0 Å². The Balaban J connectivity index is 1.26. The number of benzene rings is 4. The van der Waals surface area contributed by atoms with Crippen molar-refractivity contribution in [1.82, 2.24) is 0 Å². The number of rotatable bonds is 32. The molecular weight excluding hydrogens is 1140 g/mol. The number of methoxy groups -OCH3 is 1. The Morgan fingerprint density at radius 2 is 1.07 bits per heavy atom. The fraction of sp³-hybridized carbons (Fsp3) is 0.592. The number of unbranched alkanes of at least 4 members (excludes halogenated alkanes) is 3. The Labute approximate surface area is 525 Å². The molecule has 2 saturated heterocycles. The molecule has 18 nitrogen and oxygen atoms in total. The summed E-state index contributed by atoms with van der Waals surface area (Å²) in [5.41, 5.74) is 1.30. The van der Waals surface area contributed by atoms with E-state index in [-0.39, 0.29) is 48.0 Å². The van der Waals surface area contributed by atoms with Crippen LogP contribution in [0.5, 0.6) is 0 Å². The van der Waals surface area contributed by atoms with Crippen molar-refractivity contribution >= 4 is 29.8 Å². The molecule has 18 heteroatoms. The fourth-order valence-corrected chi connectivity index (χ4v) is 12.3. The van der Waals surface area contributed by atoms with Crippen molar-refractivity contribution in [2.24, 2.45) is 17.8 Å². The Kier molecular flexibility index (Phi) is 27.9. The third kappa shape index (κ3) is 19.7. The monoisotopic (exact) mass is 1230 g/mol. The van der Waals surface area contributed by atoms with Crippen LogP contribution in [0.15, 0.2) is 121 Å². The average Bonchev–Trinajstić information content (AvgIpc) is 1.20. The van der Waals surface area contributed by atoms with E-state index in [4.69, 9.17) is 61.6 Å². The van der Waals surface area contributed by atoms with E-state index >= 15 is 0 Å². The van der Waals surface area contributed by atoms with E-state index in [0.717, 1.165) is 76.2 Å². The van der Waals surface area contributed by atoms with Crippen LogP contribution >= 0.6 is 0 Å². The molecular formula is C71H94O18. The standard InChI is InChI=1S/C71H94O18/c1-7-11-39-78-58-47(5)83-70(63(80-41-13-9-3)61(58)79-40-12-8-2)89-59-50(10-4)43-54(65(72)77-6)44-55(59)85-71-64(88-68(75)53-37-27-18-28-38-53)62(84-56(42-48-29-19-14-20-30-48)69(76)81-45-49-31-21-15-22-32-49)60(87-67(74)52-35-25-17-26-36-52)57(86-71)46-82-66(73)51-33-23-16-24-34-51/h15-18,21-28,31-38,47-48,50,54-64,70-71H,7-14,19-20,29-30,39-46H2,1-6H3/t47?,50?,54?,55?,56-,57?,58+,59?,60?,61?,62?,63?,64?,70?,71?/m0/s1. The largest absolute Gasteiger partial charge is 0.469 e. The van der Waals surface area contributed by atoms with Crippen molar-refractivity contribution in [3.8, 4) is 0 Å². The van der Waals surface area contributed by atoms with Gasteiger partial charge in [0.2, 0.25) is 0 Å². The maximum atomic E-state index is 15.0. The summed E-state index contributed by atoms with van der Waals surface area (Å²) in [5, 5.41) is 0. The summed E-state index contributed by atoms with van der Waals surface area (Å²) in [7, 11) is 1.34. The highest BCUT2D eigenvalue weighted by atomic mass is 16.8. The first-order valence-corrected chi connectivity index (χ1v) is 32.6. The molecule has 15 atom stereocenters. The molecule has 0 bridgehead atoms. The number of esters is 5. The molecule has 0 radical (unpaired) electrons. The Bertz CT molecular complexity index is 2730. The Morgan fingerprint density at radius 1 is 0.539 bits per heavy atom. The van der Waals surface area contributed by atoms with Crippen molar-refractivity contribution in [3.63, 3.8) is 0 Å². The molecule has 0 amide bonds. The van der Waals surface area contributed by atoms with Crippen LogP contribution in [0, 0.1) is 17.8 Å². The maximum Gasteiger partial charge on any atom is 0.338 e. The normalized spacial score (nSPS) is 27.6. The van der Waals surface area contributed by atoms with Gasteiger partial charge in [-0.15, -0.1) is 0 Å². The van der Waals surface area contributed by atoms with Crippen LogP contribution in [0.3, 0.4) is 0 Å².